The predicted molar refractivity (Wildman–Crippen MR) is 153 cm³/mol. The number of hydrogen-bond acceptors (Lipinski definition) is 6. The van der Waals surface area contributed by atoms with E-state index in [2.05, 4.69) is 0 Å². The van der Waals surface area contributed by atoms with Gasteiger partial charge in [0.2, 0.25) is 0 Å². The number of aliphatic hydroxyl groups excluding tert-OH is 2. The first-order valence-corrected chi connectivity index (χ1v) is 13.5. The van der Waals surface area contributed by atoms with Gasteiger partial charge in [0.05, 0.1) is 26.4 Å². The third-order valence-corrected chi connectivity index (χ3v) is 6.54. The van der Waals surface area contributed by atoms with E-state index in [9.17, 15) is 15.0 Å². The van der Waals surface area contributed by atoms with Crippen molar-refractivity contribution in [2.24, 2.45) is 0 Å². The Morgan fingerprint density at radius 2 is 0.950 bits per heavy atom. The molecule has 0 aliphatic carbocycles. The molecule has 4 aromatic carbocycles. The molecule has 0 amide bonds. The second-order valence-electron chi connectivity index (χ2n) is 9.66. The highest BCUT2D eigenvalue weighted by molar-refractivity contribution is 5.85. The van der Waals surface area contributed by atoms with Gasteiger partial charge in [-0.05, 0) is 22.3 Å². The second-order valence-corrected chi connectivity index (χ2v) is 9.66. The van der Waals surface area contributed by atoms with Crippen molar-refractivity contribution in [2.45, 2.75) is 50.7 Å². The van der Waals surface area contributed by atoms with E-state index in [0.29, 0.717) is 6.61 Å². The summed E-state index contributed by atoms with van der Waals surface area (Å²) in [5.41, 5.74) is 3.50. The lowest BCUT2D eigenvalue weighted by molar-refractivity contribution is -0.180. The molecule has 6 heteroatoms. The average Bonchev–Trinajstić information content (AvgIpc) is 3.00. The highest BCUT2D eigenvalue weighted by Gasteiger charge is 2.39. The third-order valence-electron chi connectivity index (χ3n) is 6.54. The van der Waals surface area contributed by atoms with E-state index >= 15 is 0 Å². The van der Waals surface area contributed by atoms with E-state index in [1.54, 1.807) is 0 Å². The SMILES string of the molecule is O=C(Cc1ccccc1)[C@@H](O)[C@@H](OCc1ccccc1)[C@H](OCc1ccccc1)[C@H](O)COCc1ccccc1. The summed E-state index contributed by atoms with van der Waals surface area (Å²) in [4.78, 5) is 13.3. The van der Waals surface area contributed by atoms with Gasteiger partial charge in [0.25, 0.3) is 0 Å². The van der Waals surface area contributed by atoms with Crippen molar-refractivity contribution in [3.8, 4) is 0 Å². The van der Waals surface area contributed by atoms with Crippen molar-refractivity contribution in [1.82, 2.24) is 0 Å². The molecule has 0 spiro atoms. The van der Waals surface area contributed by atoms with Crippen LogP contribution in [0, 0.1) is 0 Å². The molecular formula is C34H36O6. The highest BCUT2D eigenvalue weighted by atomic mass is 16.6. The minimum atomic E-state index is -1.53. The number of carbonyl (C=O) groups excluding carboxylic acids is 1. The molecule has 4 atom stereocenters. The first-order chi connectivity index (χ1) is 19.6. The highest BCUT2D eigenvalue weighted by Crippen LogP contribution is 2.20. The van der Waals surface area contributed by atoms with E-state index in [-0.39, 0.29) is 26.2 Å². The molecule has 0 aromatic heterocycles. The number of ketones is 1. The summed E-state index contributed by atoms with van der Waals surface area (Å²) in [7, 11) is 0. The Morgan fingerprint density at radius 3 is 1.43 bits per heavy atom. The fourth-order valence-corrected chi connectivity index (χ4v) is 4.38. The Labute approximate surface area is 235 Å². The van der Waals surface area contributed by atoms with Gasteiger partial charge < -0.3 is 24.4 Å². The molecule has 208 valence electrons. The number of benzene rings is 4. The second kappa shape index (κ2) is 15.8. The molecule has 6 nitrogen and oxygen atoms in total. The van der Waals surface area contributed by atoms with Gasteiger partial charge in [-0.3, -0.25) is 4.79 Å². The summed E-state index contributed by atoms with van der Waals surface area (Å²) in [5, 5.41) is 22.6. The van der Waals surface area contributed by atoms with Gasteiger partial charge in [0.15, 0.2) is 5.78 Å². The van der Waals surface area contributed by atoms with E-state index in [1.165, 1.54) is 0 Å². The molecule has 40 heavy (non-hydrogen) atoms. The normalized spacial score (nSPS) is 14.2. The van der Waals surface area contributed by atoms with Crippen molar-refractivity contribution in [3.63, 3.8) is 0 Å². The number of Topliss-reactive ketones (excluding diaryl/α,β-unsaturated/α-hetero) is 1. The van der Waals surface area contributed by atoms with Gasteiger partial charge in [-0.2, -0.15) is 0 Å². The van der Waals surface area contributed by atoms with Crippen LogP contribution >= 0.6 is 0 Å². The van der Waals surface area contributed by atoms with Crippen LogP contribution in [0.15, 0.2) is 121 Å². The summed E-state index contributed by atoms with van der Waals surface area (Å²) in [5.74, 6) is -0.421. The lowest BCUT2D eigenvalue weighted by Gasteiger charge is -2.33. The van der Waals surface area contributed by atoms with Crippen molar-refractivity contribution in [1.29, 1.82) is 0 Å². The standard InChI is InChI=1S/C34H36O6/c35-30(21-26-13-5-1-6-14-26)32(37)34(40-24-29-19-11-4-12-20-29)33(39-23-28-17-9-3-10-18-28)31(36)25-38-22-27-15-7-2-8-16-27/h1-20,31-34,36-37H,21-25H2/t31-,32-,33-,34-/m1/s1. The van der Waals surface area contributed by atoms with Crippen LogP contribution in [-0.4, -0.2) is 47.0 Å². The van der Waals surface area contributed by atoms with Crippen LogP contribution in [0.4, 0.5) is 0 Å². The van der Waals surface area contributed by atoms with Crippen LogP contribution in [0.3, 0.4) is 0 Å². The van der Waals surface area contributed by atoms with Gasteiger partial charge in [0, 0.05) is 6.42 Å². The largest absolute Gasteiger partial charge is 0.388 e. The van der Waals surface area contributed by atoms with Crippen LogP contribution in [0.2, 0.25) is 0 Å². The number of aliphatic hydroxyl groups is 2. The molecular weight excluding hydrogens is 504 g/mol. The third kappa shape index (κ3) is 9.23. The molecule has 0 heterocycles. The maximum atomic E-state index is 13.3. The van der Waals surface area contributed by atoms with Crippen molar-refractivity contribution < 1.29 is 29.2 Å². The fourth-order valence-electron chi connectivity index (χ4n) is 4.38. The zero-order valence-corrected chi connectivity index (χ0v) is 22.4. The Hall–Kier alpha value is -3.65. The lowest BCUT2D eigenvalue weighted by Crippen LogP contribution is -2.52. The number of hydrogen-bond donors (Lipinski definition) is 2. The molecule has 0 bridgehead atoms. The minimum Gasteiger partial charge on any atom is -0.388 e. The maximum absolute atomic E-state index is 13.3. The molecule has 0 aliphatic heterocycles. The molecule has 0 fully saturated rings. The molecule has 0 radical (unpaired) electrons. The summed E-state index contributed by atoms with van der Waals surface area (Å²) < 4.78 is 18.2. The van der Waals surface area contributed by atoms with E-state index in [0.717, 1.165) is 22.3 Å². The summed E-state index contributed by atoms with van der Waals surface area (Å²) in [6.45, 7) is 0.517. The molecule has 0 unspecified atom stereocenters. The van der Waals surface area contributed by atoms with Crippen LogP contribution in [-0.2, 0) is 45.2 Å². The molecule has 4 aromatic rings. The monoisotopic (exact) mass is 540 g/mol. The summed E-state index contributed by atoms with van der Waals surface area (Å²) in [6, 6.07) is 37.9. The number of ether oxygens (including phenoxy) is 3. The van der Waals surface area contributed by atoms with Crippen LogP contribution in [0.1, 0.15) is 22.3 Å². The molecule has 0 aliphatic rings. The molecule has 4 rings (SSSR count). The zero-order chi connectivity index (χ0) is 28.0. The quantitative estimate of drug-likeness (QED) is 0.210. The van der Waals surface area contributed by atoms with E-state index in [4.69, 9.17) is 14.2 Å². The Kier molecular flexibility index (Phi) is 11.6. The van der Waals surface area contributed by atoms with Gasteiger partial charge in [-0.1, -0.05) is 121 Å². The van der Waals surface area contributed by atoms with Gasteiger partial charge in [-0.15, -0.1) is 0 Å². The number of rotatable bonds is 16. The first-order valence-electron chi connectivity index (χ1n) is 13.5. The average molecular weight is 541 g/mol. The van der Waals surface area contributed by atoms with Gasteiger partial charge in [0.1, 0.15) is 24.4 Å². The smallest absolute Gasteiger partial charge is 0.168 e. The molecule has 0 saturated heterocycles. The minimum absolute atomic E-state index is 0.0270. The fraction of sp³-hybridized carbons (Fsp3) is 0.265. The Bertz CT molecular complexity index is 1250. The maximum Gasteiger partial charge on any atom is 0.168 e. The van der Waals surface area contributed by atoms with Crippen molar-refractivity contribution in [3.05, 3.63) is 144 Å². The van der Waals surface area contributed by atoms with Crippen LogP contribution in [0.5, 0.6) is 0 Å². The van der Waals surface area contributed by atoms with E-state index < -0.39 is 30.2 Å². The molecule has 0 saturated carbocycles. The van der Waals surface area contributed by atoms with Crippen molar-refractivity contribution in [2.75, 3.05) is 6.61 Å². The lowest BCUT2D eigenvalue weighted by atomic mass is 9.96. The van der Waals surface area contributed by atoms with Gasteiger partial charge in [-0.25, -0.2) is 0 Å². The Balaban J connectivity index is 1.54. The number of carbonyl (C=O) groups is 1. The topological polar surface area (TPSA) is 85.2 Å². The molecule has 2 N–H and O–H groups in total. The van der Waals surface area contributed by atoms with Gasteiger partial charge >= 0.3 is 0 Å². The van der Waals surface area contributed by atoms with Crippen LogP contribution < -0.4 is 0 Å². The predicted octanol–water partition coefficient (Wildman–Crippen LogP) is 4.91. The van der Waals surface area contributed by atoms with E-state index in [1.807, 2.05) is 121 Å². The summed E-state index contributed by atoms with van der Waals surface area (Å²) >= 11 is 0. The Morgan fingerprint density at radius 1 is 0.550 bits per heavy atom. The first kappa shape index (κ1) is 29.3. The van der Waals surface area contributed by atoms with Crippen LogP contribution in [0.25, 0.3) is 0 Å². The van der Waals surface area contributed by atoms with Crippen molar-refractivity contribution >= 4 is 5.78 Å². The zero-order valence-electron chi connectivity index (χ0n) is 22.4. The summed E-state index contributed by atoms with van der Waals surface area (Å²) in [6.07, 6.45) is -4.87.